The molecule has 2 heteroatoms. The molecular formula is C18H20BrN. The molecule has 0 amide bonds. The molecule has 1 aliphatic carbocycles. The van der Waals surface area contributed by atoms with Crippen LogP contribution in [0.5, 0.6) is 0 Å². The molecule has 2 aromatic carbocycles. The average Bonchev–Trinajstić information content (AvgIpc) is 2.41. The maximum atomic E-state index is 3.62. The molecule has 1 N–H and O–H groups in total. The first kappa shape index (κ1) is 13.8. The third-order valence-corrected chi connectivity index (χ3v) is 5.34. The second-order valence-electron chi connectivity index (χ2n) is 5.73. The minimum atomic E-state index is 0.400. The van der Waals surface area contributed by atoms with Gasteiger partial charge in [-0.3, -0.25) is 0 Å². The van der Waals surface area contributed by atoms with Gasteiger partial charge in [-0.2, -0.15) is 0 Å². The molecule has 0 heterocycles. The highest BCUT2D eigenvalue weighted by atomic mass is 79.9. The molecule has 0 spiro atoms. The first-order valence-electron chi connectivity index (χ1n) is 7.13. The predicted molar refractivity (Wildman–Crippen MR) is 88.3 cm³/mol. The number of nitrogens with one attached hydrogen (secondary N) is 1. The molecule has 1 aliphatic rings. The fourth-order valence-electron chi connectivity index (χ4n) is 3.31. The predicted octanol–water partition coefficient (Wildman–Crippen LogP) is 4.67. The van der Waals surface area contributed by atoms with Gasteiger partial charge in [-0.15, -0.1) is 0 Å². The number of fused-ring (bicyclic) bond motifs is 1. The lowest BCUT2D eigenvalue weighted by Gasteiger charge is -2.37. The van der Waals surface area contributed by atoms with Gasteiger partial charge in [0.25, 0.3) is 0 Å². The molecule has 2 unspecified atom stereocenters. The van der Waals surface area contributed by atoms with E-state index in [1.165, 1.54) is 38.7 Å². The lowest BCUT2D eigenvalue weighted by atomic mass is 9.71. The lowest BCUT2D eigenvalue weighted by molar-refractivity contribution is 0.437. The zero-order chi connectivity index (χ0) is 14.3. The zero-order valence-corrected chi connectivity index (χ0v) is 13.8. The lowest BCUT2D eigenvalue weighted by Crippen LogP contribution is -2.31. The molecular weight excluding hydrogens is 310 g/mol. The maximum Gasteiger partial charge on any atom is 0.0393 e. The third-order valence-electron chi connectivity index (χ3n) is 4.49. The number of benzene rings is 2. The van der Waals surface area contributed by atoms with Gasteiger partial charge in [0, 0.05) is 16.4 Å². The normalized spacial score (nSPS) is 18.3. The standard InChI is InChI=1S/C18H20BrN/c1-11-9-17(19)12(2)8-15(11)18(20-3)16-10-13-6-4-5-7-14(13)16/h4-9,16,18,20H,10H2,1-3H3. The van der Waals surface area contributed by atoms with Gasteiger partial charge in [0.2, 0.25) is 0 Å². The SMILES string of the molecule is CNC(c1cc(C)c(Br)cc1C)C1Cc2ccccc21. The van der Waals surface area contributed by atoms with Gasteiger partial charge >= 0.3 is 0 Å². The van der Waals surface area contributed by atoms with Gasteiger partial charge < -0.3 is 5.32 Å². The third kappa shape index (κ3) is 2.21. The zero-order valence-electron chi connectivity index (χ0n) is 12.2. The summed E-state index contributed by atoms with van der Waals surface area (Å²) in [4.78, 5) is 0. The van der Waals surface area contributed by atoms with Gasteiger partial charge in [0.15, 0.2) is 0 Å². The van der Waals surface area contributed by atoms with Crippen LogP contribution in [0, 0.1) is 13.8 Å². The van der Waals surface area contributed by atoms with Crippen LogP contribution in [-0.2, 0) is 6.42 Å². The summed E-state index contributed by atoms with van der Waals surface area (Å²) in [5.74, 6) is 0.593. The van der Waals surface area contributed by atoms with E-state index in [9.17, 15) is 0 Å². The van der Waals surface area contributed by atoms with Crippen LogP contribution < -0.4 is 5.32 Å². The first-order chi connectivity index (χ1) is 9.61. The Balaban J connectivity index is 1.98. The van der Waals surface area contributed by atoms with Crippen LogP contribution in [0.4, 0.5) is 0 Å². The second kappa shape index (κ2) is 5.34. The van der Waals surface area contributed by atoms with Crippen LogP contribution in [0.2, 0.25) is 0 Å². The van der Waals surface area contributed by atoms with Crippen molar-refractivity contribution < 1.29 is 0 Å². The van der Waals surface area contributed by atoms with E-state index in [4.69, 9.17) is 0 Å². The molecule has 104 valence electrons. The molecule has 2 atom stereocenters. The van der Waals surface area contributed by atoms with Crippen LogP contribution in [0.1, 0.15) is 39.8 Å². The van der Waals surface area contributed by atoms with Gasteiger partial charge in [0.05, 0.1) is 0 Å². The topological polar surface area (TPSA) is 12.0 Å². The monoisotopic (exact) mass is 329 g/mol. The number of aryl methyl sites for hydroxylation is 2. The summed E-state index contributed by atoms with van der Waals surface area (Å²) < 4.78 is 1.20. The minimum Gasteiger partial charge on any atom is -0.312 e. The van der Waals surface area contributed by atoms with Gasteiger partial charge in [-0.1, -0.05) is 46.3 Å². The molecule has 20 heavy (non-hydrogen) atoms. The summed E-state index contributed by atoms with van der Waals surface area (Å²) in [6, 6.07) is 13.8. The number of rotatable bonds is 3. The smallest absolute Gasteiger partial charge is 0.0393 e. The first-order valence-corrected chi connectivity index (χ1v) is 7.93. The van der Waals surface area contributed by atoms with Crippen molar-refractivity contribution in [3.8, 4) is 0 Å². The van der Waals surface area contributed by atoms with E-state index in [-0.39, 0.29) is 0 Å². The fourth-order valence-corrected chi connectivity index (χ4v) is 3.76. The van der Waals surface area contributed by atoms with Crippen molar-refractivity contribution in [2.75, 3.05) is 7.05 Å². The Kier molecular flexibility index (Phi) is 3.70. The van der Waals surface area contributed by atoms with Gasteiger partial charge in [-0.05, 0) is 61.2 Å². The van der Waals surface area contributed by atoms with Crippen LogP contribution in [0.15, 0.2) is 40.9 Å². The summed E-state index contributed by atoms with van der Waals surface area (Å²) in [5.41, 5.74) is 7.09. The Hall–Kier alpha value is -1.12. The van der Waals surface area contributed by atoms with E-state index in [1.807, 2.05) is 0 Å². The van der Waals surface area contributed by atoms with Crippen LogP contribution in [0.25, 0.3) is 0 Å². The van der Waals surface area contributed by atoms with E-state index in [0.717, 1.165) is 0 Å². The number of hydrogen-bond acceptors (Lipinski definition) is 1. The second-order valence-corrected chi connectivity index (χ2v) is 6.59. The molecule has 2 aromatic rings. The van der Waals surface area contributed by atoms with Crippen LogP contribution >= 0.6 is 15.9 Å². The van der Waals surface area contributed by atoms with Crippen molar-refractivity contribution in [2.24, 2.45) is 0 Å². The molecule has 0 aromatic heterocycles. The van der Waals surface area contributed by atoms with Crippen LogP contribution in [0.3, 0.4) is 0 Å². The van der Waals surface area contributed by atoms with E-state index >= 15 is 0 Å². The highest BCUT2D eigenvalue weighted by Gasteiger charge is 2.33. The molecule has 0 radical (unpaired) electrons. The Bertz CT molecular complexity index is 648. The van der Waals surface area contributed by atoms with Crippen molar-refractivity contribution in [1.29, 1.82) is 0 Å². The summed E-state index contributed by atoms with van der Waals surface area (Å²) in [7, 11) is 2.07. The molecule has 0 aliphatic heterocycles. The average molecular weight is 330 g/mol. The Morgan fingerprint density at radius 3 is 2.60 bits per heavy atom. The van der Waals surface area contributed by atoms with E-state index in [2.05, 4.69) is 78.5 Å². The Morgan fingerprint density at radius 1 is 1.15 bits per heavy atom. The molecule has 0 bridgehead atoms. The van der Waals surface area contributed by atoms with Crippen molar-refractivity contribution in [3.05, 3.63) is 68.7 Å². The molecule has 0 saturated heterocycles. The molecule has 1 nitrogen and oxygen atoms in total. The largest absolute Gasteiger partial charge is 0.312 e. The van der Waals surface area contributed by atoms with E-state index < -0.39 is 0 Å². The summed E-state index contributed by atoms with van der Waals surface area (Å²) in [6.45, 7) is 4.36. The number of hydrogen-bond donors (Lipinski definition) is 1. The fraction of sp³-hybridized carbons (Fsp3) is 0.333. The van der Waals surface area contributed by atoms with Crippen molar-refractivity contribution in [3.63, 3.8) is 0 Å². The van der Waals surface area contributed by atoms with Gasteiger partial charge in [-0.25, -0.2) is 0 Å². The highest BCUT2D eigenvalue weighted by Crippen LogP contribution is 2.44. The quantitative estimate of drug-likeness (QED) is 0.863. The minimum absolute atomic E-state index is 0.400. The van der Waals surface area contributed by atoms with E-state index in [0.29, 0.717) is 12.0 Å². The summed E-state index contributed by atoms with van der Waals surface area (Å²) in [6.07, 6.45) is 1.18. The summed E-state index contributed by atoms with van der Waals surface area (Å²) in [5, 5.41) is 3.53. The van der Waals surface area contributed by atoms with Crippen molar-refractivity contribution >= 4 is 15.9 Å². The maximum absolute atomic E-state index is 3.62. The molecule has 3 rings (SSSR count). The Morgan fingerprint density at radius 2 is 1.90 bits per heavy atom. The molecule has 0 fully saturated rings. The van der Waals surface area contributed by atoms with Crippen molar-refractivity contribution in [2.45, 2.75) is 32.2 Å². The number of likely N-dealkylation sites (N-methyl/N-ethyl adjacent to an activating group) is 1. The van der Waals surface area contributed by atoms with Gasteiger partial charge in [0.1, 0.15) is 0 Å². The highest BCUT2D eigenvalue weighted by molar-refractivity contribution is 9.10. The summed E-state index contributed by atoms with van der Waals surface area (Å²) >= 11 is 3.62. The van der Waals surface area contributed by atoms with Crippen molar-refractivity contribution in [1.82, 2.24) is 5.32 Å². The van der Waals surface area contributed by atoms with E-state index in [1.54, 1.807) is 0 Å². The van der Waals surface area contributed by atoms with Crippen LogP contribution in [-0.4, -0.2) is 7.05 Å². The number of halogens is 1. The Labute approximate surface area is 129 Å². The molecule has 0 saturated carbocycles.